The molecule has 0 fully saturated rings. The molecule has 1 aromatic rings. The van der Waals surface area contributed by atoms with Gasteiger partial charge in [0, 0.05) is 5.56 Å². The Kier molecular flexibility index (Phi) is 6.20. The summed E-state index contributed by atoms with van der Waals surface area (Å²) in [6, 6.07) is 6.69. The second kappa shape index (κ2) is 6.95. The third-order valence-electron chi connectivity index (χ3n) is 1.55. The molecule has 14 heavy (non-hydrogen) atoms. The van der Waals surface area contributed by atoms with Crippen LogP contribution in [0.4, 0.5) is 0 Å². The number of phenolic OH excluding ortho intramolecular Hbond substituents is 1. The maximum Gasteiger partial charge on any atom is 0.310 e. The summed E-state index contributed by atoms with van der Waals surface area (Å²) in [6.07, 6.45) is 0.114. The molecule has 0 heterocycles. The van der Waals surface area contributed by atoms with Crippen molar-refractivity contribution in [3.8, 4) is 5.75 Å². The molecule has 3 nitrogen and oxygen atoms in total. The van der Waals surface area contributed by atoms with Crippen molar-refractivity contribution in [1.82, 2.24) is 0 Å². The molecule has 78 valence electrons. The number of rotatable bonds is 2. The molecule has 0 atom stereocenters. The van der Waals surface area contributed by atoms with E-state index in [1.54, 1.807) is 18.2 Å². The maximum atomic E-state index is 10.8. The monoisotopic (exact) mass is 196 g/mol. The zero-order valence-electron chi connectivity index (χ0n) is 8.78. The molecule has 1 N–H and O–H groups in total. The molecular weight excluding hydrogens is 180 g/mol. The maximum absolute atomic E-state index is 10.8. The van der Waals surface area contributed by atoms with Crippen molar-refractivity contribution in [2.24, 2.45) is 0 Å². The minimum absolute atomic E-state index is 0.114. The molecule has 0 saturated carbocycles. The van der Waals surface area contributed by atoms with Crippen LogP contribution in [0.1, 0.15) is 19.4 Å². The van der Waals surface area contributed by atoms with E-state index in [4.69, 9.17) is 0 Å². The van der Waals surface area contributed by atoms with Gasteiger partial charge in [0.2, 0.25) is 0 Å². The SMILES string of the molecule is CC.COC(=O)Cc1ccccc1O. The summed E-state index contributed by atoms with van der Waals surface area (Å²) < 4.78 is 4.46. The zero-order valence-corrected chi connectivity index (χ0v) is 8.78. The summed E-state index contributed by atoms with van der Waals surface area (Å²) >= 11 is 0. The van der Waals surface area contributed by atoms with Crippen molar-refractivity contribution in [2.75, 3.05) is 7.11 Å². The fraction of sp³-hybridized carbons (Fsp3) is 0.364. The van der Waals surface area contributed by atoms with Gasteiger partial charge in [0.1, 0.15) is 5.75 Å². The zero-order chi connectivity index (χ0) is 11.0. The molecule has 0 radical (unpaired) electrons. The van der Waals surface area contributed by atoms with Gasteiger partial charge < -0.3 is 9.84 Å². The highest BCUT2D eigenvalue weighted by Gasteiger charge is 2.05. The minimum Gasteiger partial charge on any atom is -0.508 e. The minimum atomic E-state index is -0.350. The molecule has 0 bridgehead atoms. The summed E-state index contributed by atoms with van der Waals surface area (Å²) in [4.78, 5) is 10.8. The van der Waals surface area contributed by atoms with Gasteiger partial charge in [-0.15, -0.1) is 0 Å². The van der Waals surface area contributed by atoms with Crippen LogP contribution in [0.5, 0.6) is 5.75 Å². The van der Waals surface area contributed by atoms with Crippen LogP contribution in [0.2, 0.25) is 0 Å². The topological polar surface area (TPSA) is 46.5 Å². The fourth-order valence-electron chi connectivity index (χ4n) is 0.888. The van der Waals surface area contributed by atoms with Gasteiger partial charge in [-0.1, -0.05) is 32.0 Å². The van der Waals surface area contributed by atoms with E-state index in [2.05, 4.69) is 4.74 Å². The smallest absolute Gasteiger partial charge is 0.310 e. The number of esters is 1. The number of hydrogen-bond donors (Lipinski definition) is 1. The van der Waals surface area contributed by atoms with Crippen LogP contribution in [0.25, 0.3) is 0 Å². The number of ether oxygens (including phenoxy) is 1. The number of benzene rings is 1. The van der Waals surface area contributed by atoms with E-state index in [1.807, 2.05) is 13.8 Å². The average Bonchev–Trinajstić information content (AvgIpc) is 2.24. The lowest BCUT2D eigenvalue weighted by Gasteiger charge is -2.01. The molecule has 0 aromatic heterocycles. The predicted octanol–water partition coefficient (Wildman–Crippen LogP) is 2.13. The largest absolute Gasteiger partial charge is 0.508 e. The molecule has 1 rings (SSSR count). The highest BCUT2D eigenvalue weighted by Crippen LogP contribution is 2.15. The van der Waals surface area contributed by atoms with E-state index in [9.17, 15) is 9.90 Å². The van der Waals surface area contributed by atoms with E-state index >= 15 is 0 Å². The van der Waals surface area contributed by atoms with Crippen molar-refractivity contribution in [3.05, 3.63) is 29.8 Å². The second-order valence-electron chi connectivity index (χ2n) is 2.38. The Morgan fingerprint density at radius 3 is 2.43 bits per heavy atom. The number of aromatic hydroxyl groups is 1. The van der Waals surface area contributed by atoms with E-state index in [-0.39, 0.29) is 18.1 Å². The Bertz CT molecular complexity index is 282. The molecule has 0 unspecified atom stereocenters. The number of carbonyl (C=O) groups excluding carboxylic acids is 1. The standard InChI is InChI=1S/C9H10O3.C2H6/c1-12-9(11)6-7-4-2-3-5-8(7)10;1-2/h2-5,10H,6H2,1H3;1-2H3. The fourth-order valence-corrected chi connectivity index (χ4v) is 0.888. The highest BCUT2D eigenvalue weighted by atomic mass is 16.5. The number of hydrogen-bond acceptors (Lipinski definition) is 3. The van der Waals surface area contributed by atoms with Gasteiger partial charge in [0.05, 0.1) is 13.5 Å². The number of carbonyl (C=O) groups is 1. The van der Waals surface area contributed by atoms with Crippen LogP contribution in [-0.2, 0) is 16.0 Å². The van der Waals surface area contributed by atoms with E-state index in [1.165, 1.54) is 13.2 Å². The normalized spacial score (nSPS) is 8.50. The van der Waals surface area contributed by atoms with Gasteiger partial charge in [-0.3, -0.25) is 4.79 Å². The average molecular weight is 196 g/mol. The van der Waals surface area contributed by atoms with Crippen LogP contribution in [0.3, 0.4) is 0 Å². The first-order chi connectivity index (χ1) is 6.74. The Hall–Kier alpha value is -1.51. The lowest BCUT2D eigenvalue weighted by atomic mass is 10.1. The summed E-state index contributed by atoms with van der Waals surface area (Å²) in [5.74, 6) is -0.223. The summed E-state index contributed by atoms with van der Waals surface area (Å²) in [5, 5.41) is 9.25. The van der Waals surface area contributed by atoms with E-state index in [0.29, 0.717) is 5.56 Å². The molecule has 0 amide bonds. The Morgan fingerprint density at radius 1 is 1.36 bits per heavy atom. The van der Waals surface area contributed by atoms with Crippen LogP contribution < -0.4 is 0 Å². The molecule has 0 spiro atoms. The van der Waals surface area contributed by atoms with Crippen molar-refractivity contribution in [3.63, 3.8) is 0 Å². The van der Waals surface area contributed by atoms with Crippen molar-refractivity contribution >= 4 is 5.97 Å². The van der Waals surface area contributed by atoms with Crippen LogP contribution in [0, 0.1) is 0 Å². The number of para-hydroxylation sites is 1. The van der Waals surface area contributed by atoms with Gasteiger partial charge in [0.15, 0.2) is 0 Å². The van der Waals surface area contributed by atoms with Gasteiger partial charge in [-0.2, -0.15) is 0 Å². The predicted molar refractivity (Wildman–Crippen MR) is 55.2 cm³/mol. The Balaban J connectivity index is 0.000000791. The first-order valence-electron chi connectivity index (χ1n) is 4.57. The Morgan fingerprint density at radius 2 is 1.93 bits per heavy atom. The molecule has 0 aliphatic carbocycles. The van der Waals surface area contributed by atoms with Crippen LogP contribution in [-0.4, -0.2) is 18.2 Å². The van der Waals surface area contributed by atoms with Crippen molar-refractivity contribution in [2.45, 2.75) is 20.3 Å². The first-order valence-corrected chi connectivity index (χ1v) is 4.57. The van der Waals surface area contributed by atoms with E-state index < -0.39 is 0 Å². The molecule has 3 heteroatoms. The van der Waals surface area contributed by atoms with Crippen LogP contribution >= 0.6 is 0 Å². The third kappa shape index (κ3) is 3.94. The molecule has 0 aliphatic rings. The summed E-state index contributed by atoms with van der Waals surface area (Å²) in [5.41, 5.74) is 0.587. The van der Waals surface area contributed by atoms with Crippen molar-refractivity contribution < 1.29 is 14.6 Å². The lowest BCUT2D eigenvalue weighted by Crippen LogP contribution is -2.04. The molecule has 0 aliphatic heterocycles. The van der Waals surface area contributed by atoms with E-state index in [0.717, 1.165) is 0 Å². The highest BCUT2D eigenvalue weighted by molar-refractivity contribution is 5.73. The lowest BCUT2D eigenvalue weighted by molar-refractivity contribution is -0.139. The van der Waals surface area contributed by atoms with Crippen molar-refractivity contribution in [1.29, 1.82) is 0 Å². The molecule has 1 aromatic carbocycles. The summed E-state index contributed by atoms with van der Waals surface area (Å²) in [7, 11) is 1.32. The van der Waals surface area contributed by atoms with Gasteiger partial charge >= 0.3 is 5.97 Å². The summed E-state index contributed by atoms with van der Waals surface area (Å²) in [6.45, 7) is 4.00. The quantitative estimate of drug-likeness (QED) is 0.737. The second-order valence-corrected chi connectivity index (χ2v) is 2.38. The number of methoxy groups -OCH3 is 1. The first kappa shape index (κ1) is 12.5. The molecule has 0 saturated heterocycles. The Labute approximate surface area is 84.3 Å². The van der Waals surface area contributed by atoms with Gasteiger partial charge in [-0.05, 0) is 6.07 Å². The van der Waals surface area contributed by atoms with Gasteiger partial charge in [0.25, 0.3) is 0 Å². The van der Waals surface area contributed by atoms with Gasteiger partial charge in [-0.25, -0.2) is 0 Å². The number of phenols is 1. The van der Waals surface area contributed by atoms with Crippen LogP contribution in [0.15, 0.2) is 24.3 Å². The third-order valence-corrected chi connectivity index (χ3v) is 1.55. The molecular formula is C11H16O3.